The Balaban J connectivity index is 2.12. The number of carbonyl (C=O) groups is 1. The maximum Gasteiger partial charge on any atom is 0.251 e. The van der Waals surface area contributed by atoms with Crippen LogP contribution in [0.2, 0.25) is 5.02 Å². The number of amides is 1. The van der Waals surface area contributed by atoms with Gasteiger partial charge in [0.2, 0.25) is 0 Å². The molecule has 0 aliphatic carbocycles. The molecule has 0 radical (unpaired) electrons. The lowest BCUT2D eigenvalue weighted by Gasteiger charge is -2.36. The Labute approximate surface area is 116 Å². The van der Waals surface area contributed by atoms with Gasteiger partial charge in [0, 0.05) is 18.8 Å². The lowest BCUT2D eigenvalue weighted by atomic mass is 9.90. The van der Waals surface area contributed by atoms with E-state index in [1.165, 1.54) is 6.07 Å². The number of anilines is 1. The molecule has 0 saturated carbocycles. The summed E-state index contributed by atoms with van der Waals surface area (Å²) in [6.07, 6.45) is 1.19. The van der Waals surface area contributed by atoms with E-state index in [1.54, 1.807) is 12.1 Å². The van der Waals surface area contributed by atoms with Gasteiger partial charge in [-0.2, -0.15) is 0 Å². The predicted molar refractivity (Wildman–Crippen MR) is 73.2 cm³/mol. The van der Waals surface area contributed by atoms with Gasteiger partial charge in [-0.05, 0) is 31.0 Å². The van der Waals surface area contributed by atoms with Crippen LogP contribution in [0.3, 0.4) is 0 Å². The average Bonchev–Trinajstić information content (AvgIpc) is 2.43. The summed E-state index contributed by atoms with van der Waals surface area (Å²) in [5.74, 6) is -0.266. The number of rotatable bonds is 3. The van der Waals surface area contributed by atoms with Gasteiger partial charge in [0.05, 0.1) is 22.9 Å². The van der Waals surface area contributed by atoms with Crippen molar-refractivity contribution in [3.63, 3.8) is 0 Å². The Bertz CT molecular complexity index is 473. The fourth-order valence-corrected chi connectivity index (χ4v) is 2.25. The minimum atomic E-state index is -0.608. The number of nitrogen functional groups attached to an aromatic ring is 1. The number of ether oxygens (including phenoxy) is 1. The fourth-order valence-electron chi connectivity index (χ4n) is 2.07. The van der Waals surface area contributed by atoms with Gasteiger partial charge in [0.15, 0.2) is 0 Å². The Morgan fingerprint density at radius 2 is 2.16 bits per heavy atom. The van der Waals surface area contributed by atoms with Crippen LogP contribution < -0.4 is 11.1 Å². The second-order valence-corrected chi connectivity index (χ2v) is 5.15. The zero-order chi connectivity index (χ0) is 13.9. The van der Waals surface area contributed by atoms with E-state index in [2.05, 4.69) is 5.32 Å². The van der Waals surface area contributed by atoms with E-state index in [9.17, 15) is 9.90 Å². The third-order valence-corrected chi connectivity index (χ3v) is 3.72. The molecule has 0 unspecified atom stereocenters. The largest absolute Gasteiger partial charge is 0.398 e. The molecule has 1 aromatic carbocycles. The smallest absolute Gasteiger partial charge is 0.251 e. The van der Waals surface area contributed by atoms with Crippen LogP contribution in [0.5, 0.6) is 0 Å². The molecule has 1 saturated heterocycles. The van der Waals surface area contributed by atoms with Crippen LogP contribution >= 0.6 is 11.6 Å². The normalized spacial score (nSPS) is 18.0. The van der Waals surface area contributed by atoms with Crippen LogP contribution in [0, 0.1) is 0 Å². The van der Waals surface area contributed by atoms with E-state index < -0.39 is 5.54 Å². The number of nitrogens with one attached hydrogen (secondary N) is 1. The lowest BCUT2D eigenvalue weighted by Crippen LogP contribution is -2.54. The average molecular weight is 285 g/mol. The molecule has 1 aromatic rings. The highest BCUT2D eigenvalue weighted by atomic mass is 35.5. The molecule has 0 aromatic heterocycles. The molecule has 0 bridgehead atoms. The number of nitrogens with two attached hydrogens (primary N) is 1. The zero-order valence-electron chi connectivity index (χ0n) is 10.5. The second-order valence-electron chi connectivity index (χ2n) is 4.74. The summed E-state index contributed by atoms with van der Waals surface area (Å²) in [7, 11) is 0. The molecule has 1 aliphatic rings. The van der Waals surface area contributed by atoms with Crippen molar-refractivity contribution < 1.29 is 14.6 Å². The van der Waals surface area contributed by atoms with Crippen molar-refractivity contribution in [1.29, 1.82) is 0 Å². The first-order valence-corrected chi connectivity index (χ1v) is 6.50. The highest BCUT2D eigenvalue weighted by molar-refractivity contribution is 6.33. The Morgan fingerprint density at radius 1 is 1.47 bits per heavy atom. The van der Waals surface area contributed by atoms with E-state index in [1.807, 2.05) is 0 Å². The summed E-state index contributed by atoms with van der Waals surface area (Å²) in [6.45, 7) is 0.956. The van der Waals surface area contributed by atoms with Crippen molar-refractivity contribution in [3.05, 3.63) is 28.8 Å². The number of carbonyl (C=O) groups excluding carboxylic acids is 1. The number of aliphatic hydroxyl groups excluding tert-OH is 1. The SMILES string of the molecule is Nc1ccc(C(=O)NC2(CO)CCOCC2)cc1Cl. The monoisotopic (exact) mass is 284 g/mol. The molecule has 104 valence electrons. The van der Waals surface area contributed by atoms with Crippen LogP contribution in [0.4, 0.5) is 5.69 Å². The summed E-state index contributed by atoms with van der Waals surface area (Å²) >= 11 is 5.89. The fraction of sp³-hybridized carbons (Fsp3) is 0.462. The molecule has 1 amide bonds. The second kappa shape index (κ2) is 5.77. The number of hydrogen-bond donors (Lipinski definition) is 3. The van der Waals surface area contributed by atoms with Gasteiger partial charge in [0.1, 0.15) is 0 Å². The molecular weight excluding hydrogens is 268 g/mol. The minimum Gasteiger partial charge on any atom is -0.398 e. The molecular formula is C13H17ClN2O3. The quantitative estimate of drug-likeness (QED) is 0.728. The van der Waals surface area contributed by atoms with Crippen molar-refractivity contribution >= 4 is 23.2 Å². The number of benzene rings is 1. The molecule has 1 heterocycles. The van der Waals surface area contributed by atoms with Crippen LogP contribution in [0.1, 0.15) is 23.2 Å². The number of halogens is 1. The molecule has 2 rings (SSSR count). The van der Waals surface area contributed by atoms with Gasteiger partial charge < -0.3 is 20.9 Å². The third-order valence-electron chi connectivity index (χ3n) is 3.39. The molecule has 0 atom stereocenters. The number of hydrogen-bond acceptors (Lipinski definition) is 4. The third kappa shape index (κ3) is 3.18. The molecule has 1 aliphatic heterocycles. The van der Waals surface area contributed by atoms with E-state index in [0.29, 0.717) is 42.3 Å². The first-order valence-electron chi connectivity index (χ1n) is 6.12. The molecule has 1 fully saturated rings. The maximum atomic E-state index is 12.2. The minimum absolute atomic E-state index is 0.106. The highest BCUT2D eigenvalue weighted by Gasteiger charge is 2.33. The van der Waals surface area contributed by atoms with E-state index in [4.69, 9.17) is 22.1 Å². The van der Waals surface area contributed by atoms with Gasteiger partial charge in [0.25, 0.3) is 5.91 Å². The Kier molecular flexibility index (Phi) is 4.29. The van der Waals surface area contributed by atoms with Gasteiger partial charge in [-0.3, -0.25) is 4.79 Å². The van der Waals surface area contributed by atoms with E-state index in [0.717, 1.165) is 0 Å². The van der Waals surface area contributed by atoms with E-state index in [-0.39, 0.29) is 12.5 Å². The van der Waals surface area contributed by atoms with Crippen molar-refractivity contribution in [2.24, 2.45) is 0 Å². The first-order chi connectivity index (χ1) is 9.06. The van der Waals surface area contributed by atoms with Gasteiger partial charge in [-0.1, -0.05) is 11.6 Å². The molecule has 0 spiro atoms. The zero-order valence-corrected chi connectivity index (χ0v) is 11.2. The Hall–Kier alpha value is -1.30. The number of aliphatic hydroxyl groups is 1. The highest BCUT2D eigenvalue weighted by Crippen LogP contribution is 2.23. The summed E-state index contributed by atoms with van der Waals surface area (Å²) in [6, 6.07) is 4.73. The van der Waals surface area contributed by atoms with Crippen LogP contribution in [-0.4, -0.2) is 36.4 Å². The van der Waals surface area contributed by atoms with Gasteiger partial charge in [-0.25, -0.2) is 0 Å². The van der Waals surface area contributed by atoms with Crippen LogP contribution in [0.25, 0.3) is 0 Å². The first kappa shape index (κ1) is 14.1. The Morgan fingerprint density at radius 3 is 2.74 bits per heavy atom. The van der Waals surface area contributed by atoms with Crippen molar-refractivity contribution in [3.8, 4) is 0 Å². The van der Waals surface area contributed by atoms with Crippen molar-refractivity contribution in [2.75, 3.05) is 25.6 Å². The lowest BCUT2D eigenvalue weighted by molar-refractivity contribution is 0.0125. The maximum absolute atomic E-state index is 12.2. The molecule has 19 heavy (non-hydrogen) atoms. The standard InChI is InChI=1S/C13H17ClN2O3/c14-10-7-9(1-2-11(10)15)12(18)16-13(8-17)3-5-19-6-4-13/h1-2,7,17H,3-6,8,15H2,(H,16,18). The predicted octanol–water partition coefficient (Wildman–Crippen LogP) is 1.19. The van der Waals surface area contributed by atoms with Crippen molar-refractivity contribution in [1.82, 2.24) is 5.32 Å². The van der Waals surface area contributed by atoms with Crippen molar-refractivity contribution in [2.45, 2.75) is 18.4 Å². The van der Waals surface area contributed by atoms with Crippen LogP contribution in [-0.2, 0) is 4.74 Å². The van der Waals surface area contributed by atoms with Gasteiger partial charge in [-0.15, -0.1) is 0 Å². The van der Waals surface area contributed by atoms with E-state index >= 15 is 0 Å². The molecule has 6 heteroatoms. The molecule has 4 N–H and O–H groups in total. The summed E-state index contributed by atoms with van der Waals surface area (Å²) in [5.41, 5.74) is 5.86. The molecule has 5 nitrogen and oxygen atoms in total. The summed E-state index contributed by atoms with van der Waals surface area (Å²) in [4.78, 5) is 12.2. The summed E-state index contributed by atoms with van der Waals surface area (Å²) < 4.78 is 5.25. The van der Waals surface area contributed by atoms with Gasteiger partial charge >= 0.3 is 0 Å². The summed E-state index contributed by atoms with van der Waals surface area (Å²) in [5, 5.41) is 12.7. The van der Waals surface area contributed by atoms with Crippen LogP contribution in [0.15, 0.2) is 18.2 Å². The topological polar surface area (TPSA) is 84.6 Å².